The van der Waals surface area contributed by atoms with Crippen LogP contribution < -0.4 is 0 Å². The van der Waals surface area contributed by atoms with E-state index in [-0.39, 0.29) is 12.0 Å². The van der Waals surface area contributed by atoms with Crippen LogP contribution in [0.15, 0.2) is 0 Å². The minimum Gasteiger partial charge on any atom is -0.392 e. The smallest absolute Gasteiger partial charge is 0.236 e. The van der Waals surface area contributed by atoms with Crippen molar-refractivity contribution in [3.05, 3.63) is 0 Å². The monoisotopic (exact) mass is 242 g/mol. The van der Waals surface area contributed by atoms with Gasteiger partial charge in [0, 0.05) is 19.1 Å². The summed E-state index contributed by atoms with van der Waals surface area (Å²) in [4.78, 5) is 16.1. The molecule has 1 aliphatic heterocycles. The number of likely N-dealkylation sites (tertiary alicyclic amines) is 1. The molecule has 1 heterocycles. The van der Waals surface area contributed by atoms with Crippen molar-refractivity contribution in [2.45, 2.75) is 51.7 Å². The highest BCUT2D eigenvalue weighted by Gasteiger charge is 2.25. The fourth-order valence-electron chi connectivity index (χ4n) is 2.59. The average molecular weight is 242 g/mol. The van der Waals surface area contributed by atoms with Gasteiger partial charge in [0.15, 0.2) is 0 Å². The van der Waals surface area contributed by atoms with Gasteiger partial charge in [0.25, 0.3) is 0 Å². The van der Waals surface area contributed by atoms with Crippen molar-refractivity contribution in [2.24, 2.45) is 0 Å². The van der Waals surface area contributed by atoms with Gasteiger partial charge in [-0.15, -0.1) is 0 Å². The minimum atomic E-state index is -0.379. The van der Waals surface area contributed by atoms with Crippen molar-refractivity contribution < 1.29 is 9.90 Å². The van der Waals surface area contributed by atoms with Gasteiger partial charge in [0.2, 0.25) is 5.91 Å². The summed E-state index contributed by atoms with van der Waals surface area (Å²) >= 11 is 0. The first-order valence-corrected chi connectivity index (χ1v) is 6.70. The van der Waals surface area contributed by atoms with Crippen LogP contribution in [-0.2, 0) is 4.79 Å². The molecule has 0 aromatic rings. The standard InChI is InChI=1S/C13H26N2O2/c1-4-12-7-5-6-8-15(12)13(17)10-14(3)9-11(2)16/h11-12,16H,4-10H2,1-3H3. The number of hydrogen-bond acceptors (Lipinski definition) is 3. The van der Waals surface area contributed by atoms with Gasteiger partial charge in [0.05, 0.1) is 12.6 Å². The number of aliphatic hydroxyl groups is 1. The van der Waals surface area contributed by atoms with E-state index < -0.39 is 0 Å². The van der Waals surface area contributed by atoms with Crippen molar-refractivity contribution in [1.82, 2.24) is 9.80 Å². The number of carbonyl (C=O) groups is 1. The number of carbonyl (C=O) groups excluding carboxylic acids is 1. The molecule has 0 aliphatic carbocycles. The molecule has 0 aromatic carbocycles. The van der Waals surface area contributed by atoms with E-state index in [1.54, 1.807) is 6.92 Å². The highest BCUT2D eigenvalue weighted by molar-refractivity contribution is 5.78. The van der Waals surface area contributed by atoms with Gasteiger partial charge >= 0.3 is 0 Å². The van der Waals surface area contributed by atoms with Gasteiger partial charge in [-0.1, -0.05) is 6.92 Å². The molecule has 100 valence electrons. The second-order valence-corrected chi connectivity index (χ2v) is 5.19. The van der Waals surface area contributed by atoms with Crippen LogP contribution in [0.1, 0.15) is 39.5 Å². The highest BCUT2D eigenvalue weighted by atomic mass is 16.3. The number of amides is 1. The van der Waals surface area contributed by atoms with Crippen molar-refractivity contribution in [1.29, 1.82) is 0 Å². The summed E-state index contributed by atoms with van der Waals surface area (Å²) in [7, 11) is 1.88. The Morgan fingerprint density at radius 2 is 2.24 bits per heavy atom. The van der Waals surface area contributed by atoms with Crippen LogP contribution >= 0.6 is 0 Å². The molecule has 1 fully saturated rings. The topological polar surface area (TPSA) is 43.8 Å². The van der Waals surface area contributed by atoms with Gasteiger partial charge in [-0.25, -0.2) is 0 Å². The van der Waals surface area contributed by atoms with Crippen LogP contribution in [0.4, 0.5) is 0 Å². The van der Waals surface area contributed by atoms with Crippen LogP contribution in [0.25, 0.3) is 0 Å². The number of nitrogens with zero attached hydrogens (tertiary/aromatic N) is 2. The highest BCUT2D eigenvalue weighted by Crippen LogP contribution is 2.19. The van der Waals surface area contributed by atoms with E-state index in [9.17, 15) is 9.90 Å². The van der Waals surface area contributed by atoms with E-state index in [1.807, 2.05) is 16.8 Å². The molecule has 1 N–H and O–H groups in total. The lowest BCUT2D eigenvalue weighted by molar-refractivity contribution is -0.136. The Labute approximate surface area is 105 Å². The molecule has 4 nitrogen and oxygen atoms in total. The zero-order valence-electron chi connectivity index (χ0n) is 11.4. The van der Waals surface area contributed by atoms with E-state index in [0.29, 0.717) is 19.1 Å². The van der Waals surface area contributed by atoms with Crippen molar-refractivity contribution in [2.75, 3.05) is 26.7 Å². The first-order valence-electron chi connectivity index (χ1n) is 6.70. The number of piperidine rings is 1. The third kappa shape index (κ3) is 4.64. The fraction of sp³-hybridized carbons (Fsp3) is 0.923. The molecule has 17 heavy (non-hydrogen) atoms. The van der Waals surface area contributed by atoms with Crippen LogP contribution in [-0.4, -0.2) is 59.6 Å². The molecule has 0 spiro atoms. The predicted octanol–water partition coefficient (Wildman–Crippen LogP) is 1.09. The maximum absolute atomic E-state index is 12.2. The quantitative estimate of drug-likeness (QED) is 0.785. The average Bonchev–Trinajstić information content (AvgIpc) is 2.27. The summed E-state index contributed by atoms with van der Waals surface area (Å²) < 4.78 is 0. The van der Waals surface area contributed by atoms with E-state index in [2.05, 4.69) is 6.92 Å². The molecule has 2 unspecified atom stereocenters. The Balaban J connectivity index is 2.44. The second-order valence-electron chi connectivity index (χ2n) is 5.19. The van der Waals surface area contributed by atoms with Gasteiger partial charge in [-0.2, -0.15) is 0 Å². The van der Waals surface area contributed by atoms with Crippen LogP contribution in [0.2, 0.25) is 0 Å². The first-order chi connectivity index (χ1) is 8.04. The molecule has 4 heteroatoms. The van der Waals surface area contributed by atoms with E-state index in [1.165, 1.54) is 6.42 Å². The lowest BCUT2D eigenvalue weighted by Crippen LogP contribution is -2.47. The molecule has 0 bridgehead atoms. The molecule has 0 aromatic heterocycles. The van der Waals surface area contributed by atoms with E-state index in [4.69, 9.17) is 0 Å². The van der Waals surface area contributed by atoms with Crippen molar-refractivity contribution in [3.8, 4) is 0 Å². The van der Waals surface area contributed by atoms with Gasteiger partial charge in [-0.3, -0.25) is 9.69 Å². The Kier molecular flexibility index (Phi) is 5.92. The molecule has 1 aliphatic rings. The van der Waals surface area contributed by atoms with Gasteiger partial charge in [0.1, 0.15) is 0 Å². The summed E-state index contributed by atoms with van der Waals surface area (Å²) in [5, 5.41) is 9.28. The number of hydrogen-bond donors (Lipinski definition) is 1. The van der Waals surface area contributed by atoms with Gasteiger partial charge in [-0.05, 0) is 39.7 Å². The van der Waals surface area contributed by atoms with Crippen LogP contribution in [0.5, 0.6) is 0 Å². The lowest BCUT2D eigenvalue weighted by Gasteiger charge is -2.36. The van der Waals surface area contributed by atoms with Crippen molar-refractivity contribution >= 4 is 5.91 Å². The summed E-state index contributed by atoms with van der Waals surface area (Å²) in [5.74, 6) is 0.208. The third-order valence-electron chi connectivity index (χ3n) is 3.40. The SMILES string of the molecule is CCC1CCCCN1C(=O)CN(C)CC(C)O. The first kappa shape index (κ1) is 14.5. The van der Waals surface area contributed by atoms with E-state index >= 15 is 0 Å². The Bertz CT molecular complexity index is 244. The normalized spacial score (nSPS) is 22.9. The molecule has 0 saturated carbocycles. The number of aliphatic hydroxyl groups excluding tert-OH is 1. The fourth-order valence-corrected chi connectivity index (χ4v) is 2.59. The van der Waals surface area contributed by atoms with Crippen LogP contribution in [0, 0.1) is 0 Å². The van der Waals surface area contributed by atoms with E-state index in [0.717, 1.165) is 25.8 Å². The summed E-state index contributed by atoms with van der Waals surface area (Å²) in [6, 6.07) is 0.427. The Morgan fingerprint density at radius 3 is 2.82 bits per heavy atom. The Hall–Kier alpha value is -0.610. The summed E-state index contributed by atoms with van der Waals surface area (Å²) in [5.41, 5.74) is 0. The molecule has 1 amide bonds. The third-order valence-corrected chi connectivity index (χ3v) is 3.40. The zero-order chi connectivity index (χ0) is 12.8. The zero-order valence-corrected chi connectivity index (χ0v) is 11.4. The van der Waals surface area contributed by atoms with Crippen molar-refractivity contribution in [3.63, 3.8) is 0 Å². The maximum atomic E-state index is 12.2. The molecular formula is C13H26N2O2. The second kappa shape index (κ2) is 6.97. The molecule has 1 saturated heterocycles. The summed E-state index contributed by atoms with van der Waals surface area (Å²) in [6.07, 6.45) is 4.18. The molecule has 0 radical (unpaired) electrons. The van der Waals surface area contributed by atoms with Gasteiger partial charge < -0.3 is 10.0 Å². The number of likely N-dealkylation sites (N-methyl/N-ethyl adjacent to an activating group) is 1. The lowest BCUT2D eigenvalue weighted by atomic mass is 10.00. The molecule has 2 atom stereocenters. The van der Waals surface area contributed by atoms with Crippen LogP contribution in [0.3, 0.4) is 0 Å². The Morgan fingerprint density at radius 1 is 1.53 bits per heavy atom. The minimum absolute atomic E-state index is 0.208. The predicted molar refractivity (Wildman–Crippen MR) is 68.8 cm³/mol. The largest absolute Gasteiger partial charge is 0.392 e. The molecular weight excluding hydrogens is 216 g/mol. The summed E-state index contributed by atoms with van der Waals surface area (Å²) in [6.45, 7) is 5.77. The number of rotatable bonds is 5. The molecule has 1 rings (SSSR count). The maximum Gasteiger partial charge on any atom is 0.236 e.